The molecule has 6 nitrogen and oxygen atoms in total. The third kappa shape index (κ3) is 4.64. The summed E-state index contributed by atoms with van der Waals surface area (Å²) < 4.78 is 16.4. The average molecular weight is 391 g/mol. The molecular weight excluding hydrogens is 368 g/mol. The van der Waals surface area contributed by atoms with Crippen molar-refractivity contribution >= 4 is 23.2 Å². The van der Waals surface area contributed by atoms with Gasteiger partial charge >= 0.3 is 0 Å². The van der Waals surface area contributed by atoms with Crippen molar-refractivity contribution in [3.8, 4) is 17.2 Å². The monoisotopic (exact) mass is 390 g/mol. The van der Waals surface area contributed by atoms with Crippen LogP contribution in [-0.2, 0) is 11.3 Å². The molecule has 2 aromatic carbocycles. The number of likely N-dealkylation sites (N-methyl/N-ethyl adjacent to an activating group) is 1. The van der Waals surface area contributed by atoms with Gasteiger partial charge in [0.05, 0.1) is 18.8 Å². The predicted octanol–water partition coefficient (Wildman–Crippen LogP) is 3.58. The molecule has 144 valence electrons. The van der Waals surface area contributed by atoms with Crippen LogP contribution >= 0.6 is 11.6 Å². The molecule has 1 unspecified atom stereocenters. The summed E-state index contributed by atoms with van der Waals surface area (Å²) in [5.74, 6) is 1.92. The van der Waals surface area contributed by atoms with Gasteiger partial charge in [0.15, 0.2) is 11.5 Å². The highest BCUT2D eigenvalue weighted by molar-refractivity contribution is 6.31. The SMILES string of the molecule is COc1ccc(Cl)cc1NC(=O)C(C)N(C)Cc1ccc2c(c1)OCCO2. The number of hydrogen-bond acceptors (Lipinski definition) is 5. The van der Waals surface area contributed by atoms with E-state index in [1.807, 2.05) is 37.1 Å². The summed E-state index contributed by atoms with van der Waals surface area (Å²) in [5.41, 5.74) is 1.59. The second-order valence-electron chi connectivity index (χ2n) is 6.40. The molecule has 1 atom stereocenters. The van der Waals surface area contributed by atoms with E-state index in [1.54, 1.807) is 25.3 Å². The van der Waals surface area contributed by atoms with Crippen molar-refractivity contribution in [2.24, 2.45) is 0 Å². The van der Waals surface area contributed by atoms with Crippen LogP contribution in [0.25, 0.3) is 0 Å². The van der Waals surface area contributed by atoms with Crippen molar-refractivity contribution in [1.82, 2.24) is 4.90 Å². The van der Waals surface area contributed by atoms with Crippen molar-refractivity contribution < 1.29 is 19.0 Å². The molecule has 27 heavy (non-hydrogen) atoms. The maximum Gasteiger partial charge on any atom is 0.241 e. The van der Waals surface area contributed by atoms with Crippen molar-refractivity contribution in [3.05, 3.63) is 47.0 Å². The molecule has 0 saturated carbocycles. The van der Waals surface area contributed by atoms with Crippen LogP contribution < -0.4 is 19.5 Å². The van der Waals surface area contributed by atoms with E-state index >= 15 is 0 Å². The molecule has 1 amide bonds. The molecule has 1 aliphatic rings. The van der Waals surface area contributed by atoms with E-state index in [9.17, 15) is 4.79 Å². The minimum atomic E-state index is -0.359. The predicted molar refractivity (Wildman–Crippen MR) is 105 cm³/mol. The Balaban J connectivity index is 1.65. The summed E-state index contributed by atoms with van der Waals surface area (Å²) in [7, 11) is 3.45. The minimum Gasteiger partial charge on any atom is -0.495 e. The molecular formula is C20H23ClN2O4. The van der Waals surface area contributed by atoms with Gasteiger partial charge in [-0.1, -0.05) is 17.7 Å². The van der Waals surface area contributed by atoms with E-state index in [0.717, 1.165) is 17.1 Å². The summed E-state index contributed by atoms with van der Waals surface area (Å²) >= 11 is 6.03. The average Bonchev–Trinajstić information content (AvgIpc) is 2.67. The molecule has 7 heteroatoms. The largest absolute Gasteiger partial charge is 0.495 e. The number of amides is 1. The number of carbonyl (C=O) groups is 1. The summed E-state index contributed by atoms with van der Waals surface area (Å²) in [6.45, 7) is 3.56. The van der Waals surface area contributed by atoms with Gasteiger partial charge in [0.2, 0.25) is 5.91 Å². The van der Waals surface area contributed by atoms with Gasteiger partial charge in [-0.15, -0.1) is 0 Å². The van der Waals surface area contributed by atoms with Gasteiger partial charge in [0.25, 0.3) is 0 Å². The highest BCUT2D eigenvalue weighted by atomic mass is 35.5. The maximum atomic E-state index is 12.7. The van der Waals surface area contributed by atoms with Crippen molar-refractivity contribution in [2.45, 2.75) is 19.5 Å². The molecule has 1 N–H and O–H groups in total. The molecule has 1 heterocycles. The molecule has 0 bridgehead atoms. The second-order valence-corrected chi connectivity index (χ2v) is 6.84. The number of carbonyl (C=O) groups excluding carboxylic acids is 1. The molecule has 2 aromatic rings. The number of anilines is 1. The van der Waals surface area contributed by atoms with Crippen LogP contribution in [-0.4, -0.2) is 44.2 Å². The number of ether oxygens (including phenoxy) is 3. The van der Waals surface area contributed by atoms with Crippen molar-refractivity contribution in [1.29, 1.82) is 0 Å². The number of halogens is 1. The highest BCUT2D eigenvalue weighted by Crippen LogP contribution is 2.31. The van der Waals surface area contributed by atoms with Gasteiger partial charge in [-0.05, 0) is 49.9 Å². The third-order valence-electron chi connectivity index (χ3n) is 4.50. The van der Waals surface area contributed by atoms with E-state index in [4.69, 9.17) is 25.8 Å². The van der Waals surface area contributed by atoms with Gasteiger partial charge < -0.3 is 19.5 Å². The zero-order valence-electron chi connectivity index (χ0n) is 15.6. The first-order chi connectivity index (χ1) is 13.0. The van der Waals surface area contributed by atoms with E-state index in [-0.39, 0.29) is 11.9 Å². The minimum absolute atomic E-state index is 0.143. The van der Waals surface area contributed by atoms with E-state index in [0.29, 0.717) is 36.2 Å². The fourth-order valence-electron chi connectivity index (χ4n) is 2.83. The zero-order chi connectivity index (χ0) is 19.4. The van der Waals surface area contributed by atoms with Crippen LogP contribution in [0.5, 0.6) is 17.2 Å². The first-order valence-corrected chi connectivity index (χ1v) is 9.09. The molecule has 0 radical (unpaired) electrons. The van der Waals surface area contributed by atoms with Gasteiger partial charge in [0.1, 0.15) is 19.0 Å². The van der Waals surface area contributed by atoms with Crippen molar-refractivity contribution in [3.63, 3.8) is 0 Å². The van der Waals surface area contributed by atoms with Crippen LogP contribution in [0.4, 0.5) is 5.69 Å². The quantitative estimate of drug-likeness (QED) is 0.816. The lowest BCUT2D eigenvalue weighted by atomic mass is 10.1. The Hall–Kier alpha value is -2.44. The maximum absolute atomic E-state index is 12.7. The fraction of sp³-hybridized carbons (Fsp3) is 0.350. The third-order valence-corrected chi connectivity index (χ3v) is 4.73. The topological polar surface area (TPSA) is 60.0 Å². The molecule has 1 aliphatic heterocycles. The lowest BCUT2D eigenvalue weighted by Gasteiger charge is -2.25. The fourth-order valence-corrected chi connectivity index (χ4v) is 3.00. The number of nitrogens with zero attached hydrogens (tertiary/aromatic N) is 1. The van der Waals surface area contributed by atoms with Gasteiger partial charge in [-0.2, -0.15) is 0 Å². The summed E-state index contributed by atoms with van der Waals surface area (Å²) in [6, 6.07) is 10.6. The normalized spacial score (nSPS) is 14.0. The number of rotatable bonds is 6. The summed E-state index contributed by atoms with van der Waals surface area (Å²) in [5, 5.41) is 3.41. The Morgan fingerprint density at radius 2 is 1.96 bits per heavy atom. The number of nitrogens with one attached hydrogen (secondary N) is 1. The Morgan fingerprint density at radius 3 is 2.70 bits per heavy atom. The molecule has 0 fully saturated rings. The standard InChI is InChI=1S/C20H23ClN2O4/c1-13(20(24)22-16-11-15(21)5-7-17(16)25-3)23(2)12-14-4-6-18-19(10-14)27-9-8-26-18/h4-7,10-11,13H,8-9,12H2,1-3H3,(H,22,24). The Bertz CT molecular complexity index is 828. The first kappa shape index (κ1) is 19.3. The lowest BCUT2D eigenvalue weighted by molar-refractivity contribution is -0.120. The molecule has 3 rings (SSSR count). The van der Waals surface area contributed by atoms with Gasteiger partial charge in [-0.3, -0.25) is 9.69 Å². The zero-order valence-corrected chi connectivity index (χ0v) is 16.4. The van der Waals surface area contributed by atoms with Crippen LogP contribution in [0.2, 0.25) is 5.02 Å². The van der Waals surface area contributed by atoms with Gasteiger partial charge in [-0.25, -0.2) is 0 Å². The smallest absolute Gasteiger partial charge is 0.241 e. The second kappa shape index (κ2) is 8.50. The first-order valence-electron chi connectivity index (χ1n) is 8.71. The number of hydrogen-bond donors (Lipinski definition) is 1. The Morgan fingerprint density at radius 1 is 1.22 bits per heavy atom. The number of fused-ring (bicyclic) bond motifs is 1. The van der Waals surface area contributed by atoms with E-state index in [2.05, 4.69) is 5.32 Å². The molecule has 0 aromatic heterocycles. The van der Waals surface area contributed by atoms with E-state index in [1.165, 1.54) is 0 Å². The summed E-state index contributed by atoms with van der Waals surface area (Å²) in [4.78, 5) is 14.6. The molecule has 0 aliphatic carbocycles. The Kier molecular flexibility index (Phi) is 6.08. The van der Waals surface area contributed by atoms with Crippen LogP contribution in [0.1, 0.15) is 12.5 Å². The van der Waals surface area contributed by atoms with Crippen molar-refractivity contribution in [2.75, 3.05) is 32.7 Å². The van der Waals surface area contributed by atoms with Crippen LogP contribution in [0.3, 0.4) is 0 Å². The Labute approximate surface area is 164 Å². The lowest BCUT2D eigenvalue weighted by Crippen LogP contribution is -2.39. The van der Waals surface area contributed by atoms with Crippen LogP contribution in [0, 0.1) is 0 Å². The number of benzene rings is 2. The summed E-state index contributed by atoms with van der Waals surface area (Å²) in [6.07, 6.45) is 0. The highest BCUT2D eigenvalue weighted by Gasteiger charge is 2.20. The van der Waals surface area contributed by atoms with E-state index < -0.39 is 0 Å². The molecule has 0 saturated heterocycles. The van der Waals surface area contributed by atoms with Crippen LogP contribution in [0.15, 0.2) is 36.4 Å². The molecule has 0 spiro atoms. The van der Waals surface area contributed by atoms with Gasteiger partial charge in [0, 0.05) is 11.6 Å². The number of methoxy groups -OCH3 is 1.